The zero-order valence-corrected chi connectivity index (χ0v) is 17.9. The predicted octanol–water partition coefficient (Wildman–Crippen LogP) is 4.02. The molecule has 30 heavy (non-hydrogen) atoms. The van der Waals surface area contributed by atoms with Crippen LogP contribution in [0.5, 0.6) is 0 Å². The molecular formula is C24H31FN4O. The summed E-state index contributed by atoms with van der Waals surface area (Å²) in [7, 11) is 0. The molecular weight excluding hydrogens is 379 g/mol. The maximum atomic E-state index is 13.7. The van der Waals surface area contributed by atoms with E-state index >= 15 is 0 Å². The first kappa shape index (κ1) is 21.8. The zero-order valence-electron chi connectivity index (χ0n) is 17.9. The molecule has 6 heteroatoms. The number of carbonyl (C=O) groups is 1. The molecule has 0 atom stereocenters. The van der Waals surface area contributed by atoms with Crippen LogP contribution < -0.4 is 10.6 Å². The van der Waals surface area contributed by atoms with Gasteiger partial charge in [0.2, 0.25) is 0 Å². The first-order chi connectivity index (χ1) is 14.6. The topological polar surface area (TPSA) is 56.7 Å². The fourth-order valence-electron chi connectivity index (χ4n) is 3.48. The molecule has 1 fully saturated rings. The molecule has 5 nitrogen and oxygen atoms in total. The van der Waals surface area contributed by atoms with E-state index in [4.69, 9.17) is 0 Å². The highest BCUT2D eigenvalue weighted by Gasteiger charge is 2.17. The van der Waals surface area contributed by atoms with E-state index in [-0.39, 0.29) is 11.7 Å². The summed E-state index contributed by atoms with van der Waals surface area (Å²) in [4.78, 5) is 19.1. The SMILES string of the molecule is CCNC(=NCc1ccc(C)c(F)c1)NCc1ccc(C(=O)N2CCCCC2)cc1. The van der Waals surface area contributed by atoms with Gasteiger partial charge in [-0.25, -0.2) is 9.38 Å². The Morgan fingerprint density at radius 2 is 1.73 bits per heavy atom. The van der Waals surface area contributed by atoms with Crippen LogP contribution in [0.4, 0.5) is 4.39 Å². The number of halogens is 1. The van der Waals surface area contributed by atoms with Crippen LogP contribution in [0.3, 0.4) is 0 Å². The van der Waals surface area contributed by atoms with E-state index in [9.17, 15) is 9.18 Å². The van der Waals surface area contributed by atoms with Gasteiger partial charge < -0.3 is 15.5 Å². The summed E-state index contributed by atoms with van der Waals surface area (Å²) in [6.07, 6.45) is 3.40. The molecule has 0 unspecified atom stereocenters. The quantitative estimate of drug-likeness (QED) is 0.559. The average Bonchev–Trinajstić information content (AvgIpc) is 2.78. The number of aliphatic imine (C=N–C) groups is 1. The maximum Gasteiger partial charge on any atom is 0.253 e. The van der Waals surface area contributed by atoms with Crippen LogP contribution in [-0.4, -0.2) is 36.4 Å². The first-order valence-electron chi connectivity index (χ1n) is 10.7. The van der Waals surface area contributed by atoms with Gasteiger partial charge >= 0.3 is 0 Å². The number of hydrogen-bond donors (Lipinski definition) is 2. The molecule has 0 bridgehead atoms. The van der Waals surface area contributed by atoms with Gasteiger partial charge in [-0.3, -0.25) is 4.79 Å². The number of rotatable bonds is 6. The van der Waals surface area contributed by atoms with Crippen molar-refractivity contribution in [3.8, 4) is 0 Å². The van der Waals surface area contributed by atoms with Crippen molar-refractivity contribution in [3.05, 3.63) is 70.5 Å². The van der Waals surface area contributed by atoms with E-state index in [0.29, 0.717) is 24.6 Å². The van der Waals surface area contributed by atoms with E-state index in [1.54, 1.807) is 13.0 Å². The monoisotopic (exact) mass is 410 g/mol. The highest BCUT2D eigenvalue weighted by molar-refractivity contribution is 5.94. The fourth-order valence-corrected chi connectivity index (χ4v) is 3.48. The minimum Gasteiger partial charge on any atom is -0.357 e. The highest BCUT2D eigenvalue weighted by Crippen LogP contribution is 2.14. The normalized spacial score (nSPS) is 14.5. The summed E-state index contributed by atoms with van der Waals surface area (Å²) in [6.45, 7) is 7.19. The van der Waals surface area contributed by atoms with Crippen LogP contribution in [0.15, 0.2) is 47.5 Å². The lowest BCUT2D eigenvalue weighted by Crippen LogP contribution is -2.37. The average molecular weight is 411 g/mol. The molecule has 2 N–H and O–H groups in total. The molecule has 0 radical (unpaired) electrons. The molecule has 160 valence electrons. The number of guanidine groups is 1. The van der Waals surface area contributed by atoms with Crippen LogP contribution in [0.25, 0.3) is 0 Å². The van der Waals surface area contributed by atoms with Crippen LogP contribution in [-0.2, 0) is 13.1 Å². The van der Waals surface area contributed by atoms with E-state index in [1.807, 2.05) is 42.2 Å². The number of carbonyl (C=O) groups excluding carboxylic acids is 1. The van der Waals surface area contributed by atoms with E-state index in [1.165, 1.54) is 12.5 Å². The second-order valence-electron chi connectivity index (χ2n) is 7.68. The number of benzene rings is 2. The number of aryl methyl sites for hydroxylation is 1. The van der Waals surface area contributed by atoms with Crippen molar-refractivity contribution in [2.24, 2.45) is 4.99 Å². The summed E-state index contributed by atoms with van der Waals surface area (Å²) in [6, 6.07) is 12.9. The predicted molar refractivity (Wildman–Crippen MR) is 119 cm³/mol. The smallest absolute Gasteiger partial charge is 0.253 e. The zero-order chi connectivity index (χ0) is 21.3. The van der Waals surface area contributed by atoms with Gasteiger partial charge in [-0.15, -0.1) is 0 Å². The summed E-state index contributed by atoms with van der Waals surface area (Å²) >= 11 is 0. The minimum absolute atomic E-state index is 0.120. The Kier molecular flexibility index (Phi) is 7.82. The van der Waals surface area contributed by atoms with Gasteiger partial charge in [0.15, 0.2) is 5.96 Å². The molecule has 1 heterocycles. The van der Waals surface area contributed by atoms with Crippen molar-refractivity contribution < 1.29 is 9.18 Å². The third-order valence-corrected chi connectivity index (χ3v) is 5.30. The largest absolute Gasteiger partial charge is 0.357 e. The second kappa shape index (κ2) is 10.8. The Morgan fingerprint density at radius 1 is 1.03 bits per heavy atom. The third-order valence-electron chi connectivity index (χ3n) is 5.30. The van der Waals surface area contributed by atoms with Gasteiger partial charge in [0.05, 0.1) is 6.54 Å². The van der Waals surface area contributed by atoms with Gasteiger partial charge in [0.25, 0.3) is 5.91 Å². The van der Waals surface area contributed by atoms with Crippen molar-refractivity contribution >= 4 is 11.9 Å². The summed E-state index contributed by atoms with van der Waals surface area (Å²) in [5.41, 5.74) is 3.27. The van der Waals surface area contributed by atoms with Crippen LogP contribution in [0.1, 0.15) is 53.2 Å². The van der Waals surface area contributed by atoms with E-state index in [0.717, 1.165) is 49.2 Å². The molecule has 0 spiro atoms. The Morgan fingerprint density at radius 3 is 2.40 bits per heavy atom. The number of amides is 1. The molecule has 1 aliphatic rings. The molecule has 1 amide bonds. The molecule has 2 aromatic carbocycles. The maximum absolute atomic E-state index is 13.7. The summed E-state index contributed by atoms with van der Waals surface area (Å²) in [5.74, 6) is 0.584. The third kappa shape index (κ3) is 6.05. The Labute approximate surface area is 178 Å². The van der Waals surface area contributed by atoms with Crippen molar-refractivity contribution in [1.82, 2.24) is 15.5 Å². The van der Waals surface area contributed by atoms with Crippen molar-refractivity contribution in [2.75, 3.05) is 19.6 Å². The summed E-state index contributed by atoms with van der Waals surface area (Å²) < 4.78 is 13.7. The standard InChI is InChI=1S/C24H31FN4O/c1-3-26-24(28-17-20-8-7-18(2)22(25)15-20)27-16-19-9-11-21(12-10-19)23(30)29-13-5-4-6-14-29/h7-12,15H,3-6,13-14,16-17H2,1-2H3,(H2,26,27,28). The van der Waals surface area contributed by atoms with Crippen LogP contribution in [0.2, 0.25) is 0 Å². The number of nitrogens with zero attached hydrogens (tertiary/aromatic N) is 2. The highest BCUT2D eigenvalue weighted by atomic mass is 19.1. The number of likely N-dealkylation sites (tertiary alicyclic amines) is 1. The molecule has 0 aliphatic carbocycles. The van der Waals surface area contributed by atoms with Crippen molar-refractivity contribution in [3.63, 3.8) is 0 Å². The van der Waals surface area contributed by atoms with Crippen molar-refractivity contribution in [1.29, 1.82) is 0 Å². The molecule has 3 rings (SSSR count). The second-order valence-corrected chi connectivity index (χ2v) is 7.68. The lowest BCUT2D eigenvalue weighted by Gasteiger charge is -2.26. The fraction of sp³-hybridized carbons (Fsp3) is 0.417. The molecule has 2 aromatic rings. The van der Waals surface area contributed by atoms with Crippen molar-refractivity contribution in [2.45, 2.75) is 46.2 Å². The van der Waals surface area contributed by atoms with Gasteiger partial charge in [0, 0.05) is 31.7 Å². The first-order valence-corrected chi connectivity index (χ1v) is 10.7. The van der Waals surface area contributed by atoms with E-state index < -0.39 is 0 Å². The van der Waals surface area contributed by atoms with Crippen LogP contribution in [0, 0.1) is 12.7 Å². The van der Waals surface area contributed by atoms with Crippen LogP contribution >= 0.6 is 0 Å². The lowest BCUT2D eigenvalue weighted by molar-refractivity contribution is 0.0724. The molecule has 0 aromatic heterocycles. The minimum atomic E-state index is -0.208. The Bertz CT molecular complexity index is 873. The van der Waals surface area contributed by atoms with Gasteiger partial charge in [-0.05, 0) is 68.0 Å². The molecule has 1 aliphatic heterocycles. The summed E-state index contributed by atoms with van der Waals surface area (Å²) in [5, 5.41) is 6.50. The van der Waals surface area contributed by atoms with Gasteiger partial charge in [-0.1, -0.05) is 24.3 Å². The molecule has 1 saturated heterocycles. The number of nitrogens with one attached hydrogen (secondary N) is 2. The Balaban J connectivity index is 1.57. The molecule has 0 saturated carbocycles. The van der Waals surface area contributed by atoms with Gasteiger partial charge in [0.1, 0.15) is 5.82 Å². The Hall–Kier alpha value is -2.89. The number of hydrogen-bond acceptors (Lipinski definition) is 2. The lowest BCUT2D eigenvalue weighted by atomic mass is 10.1. The van der Waals surface area contributed by atoms with Gasteiger partial charge in [-0.2, -0.15) is 0 Å². The number of piperidine rings is 1. The van der Waals surface area contributed by atoms with E-state index in [2.05, 4.69) is 15.6 Å².